The van der Waals surface area contributed by atoms with Gasteiger partial charge in [-0.3, -0.25) is 0 Å². The largest absolute Gasteiger partial charge is 0.504 e. The highest BCUT2D eigenvalue weighted by Gasteiger charge is 2.25. The molecule has 1 aliphatic heterocycles. The van der Waals surface area contributed by atoms with Crippen molar-refractivity contribution in [3.63, 3.8) is 0 Å². The van der Waals surface area contributed by atoms with Gasteiger partial charge in [-0.1, -0.05) is 12.1 Å². The maximum atomic E-state index is 11.5. The topological polar surface area (TPSA) is 87.0 Å². The summed E-state index contributed by atoms with van der Waals surface area (Å²) in [6, 6.07) is 7.78. The minimum Gasteiger partial charge on any atom is -0.504 e. The predicted octanol–water partition coefficient (Wildman–Crippen LogP) is 2.14. The molecule has 0 saturated carbocycles. The molecule has 5 nitrogen and oxygen atoms in total. The van der Waals surface area contributed by atoms with E-state index in [1.54, 1.807) is 18.2 Å². The van der Waals surface area contributed by atoms with E-state index in [9.17, 15) is 20.1 Å². The monoisotopic (exact) mass is 258 g/mol. The first-order chi connectivity index (χ1) is 9.09. The molecular formula is C14H10O5. The summed E-state index contributed by atoms with van der Waals surface area (Å²) in [5, 5.41) is 28.8. The molecule has 3 N–H and O–H groups in total. The van der Waals surface area contributed by atoms with Gasteiger partial charge in [0.15, 0.2) is 11.5 Å². The molecule has 0 fully saturated rings. The fourth-order valence-corrected chi connectivity index (χ4v) is 2.19. The van der Waals surface area contributed by atoms with Crippen LogP contribution in [0, 0.1) is 0 Å². The van der Waals surface area contributed by atoms with Crippen LogP contribution in [0.25, 0.3) is 11.1 Å². The van der Waals surface area contributed by atoms with Gasteiger partial charge in [0.2, 0.25) is 5.75 Å². The molecule has 2 aromatic carbocycles. The number of phenols is 3. The van der Waals surface area contributed by atoms with Crippen molar-refractivity contribution in [2.45, 2.75) is 6.61 Å². The highest BCUT2D eigenvalue weighted by Crippen LogP contribution is 2.44. The first-order valence-corrected chi connectivity index (χ1v) is 5.63. The van der Waals surface area contributed by atoms with Crippen LogP contribution in [0.4, 0.5) is 0 Å². The third-order valence-electron chi connectivity index (χ3n) is 3.16. The van der Waals surface area contributed by atoms with Gasteiger partial charge in [0.1, 0.15) is 6.61 Å². The average Bonchev–Trinajstić information content (AvgIpc) is 2.79. The maximum Gasteiger partial charge on any atom is 0.338 e. The molecule has 3 rings (SSSR count). The number of carbonyl (C=O) groups excluding carboxylic acids is 1. The lowest BCUT2D eigenvalue weighted by Crippen LogP contribution is -1.93. The molecule has 1 heterocycles. The van der Waals surface area contributed by atoms with E-state index >= 15 is 0 Å². The Balaban J connectivity index is 2.25. The van der Waals surface area contributed by atoms with Crippen LogP contribution in [0.5, 0.6) is 17.2 Å². The Kier molecular flexibility index (Phi) is 2.35. The van der Waals surface area contributed by atoms with Crippen LogP contribution in [-0.4, -0.2) is 21.3 Å². The normalized spacial score (nSPS) is 13.2. The molecule has 0 saturated heterocycles. The number of hydrogen-bond donors (Lipinski definition) is 3. The number of carbonyl (C=O) groups is 1. The molecular weight excluding hydrogens is 248 g/mol. The van der Waals surface area contributed by atoms with E-state index in [0.717, 1.165) is 0 Å². The van der Waals surface area contributed by atoms with Gasteiger partial charge in [0.25, 0.3) is 0 Å². The summed E-state index contributed by atoms with van der Waals surface area (Å²) in [5.41, 5.74) is 2.04. The van der Waals surface area contributed by atoms with Crippen molar-refractivity contribution in [2.24, 2.45) is 0 Å². The Morgan fingerprint density at radius 3 is 2.42 bits per heavy atom. The Hall–Kier alpha value is -2.69. The summed E-state index contributed by atoms with van der Waals surface area (Å²) >= 11 is 0. The molecule has 0 spiro atoms. The van der Waals surface area contributed by atoms with E-state index < -0.39 is 23.2 Å². The Morgan fingerprint density at radius 1 is 0.895 bits per heavy atom. The number of hydrogen-bond acceptors (Lipinski definition) is 5. The van der Waals surface area contributed by atoms with Crippen molar-refractivity contribution in [1.82, 2.24) is 0 Å². The van der Waals surface area contributed by atoms with Crippen LogP contribution in [0.1, 0.15) is 15.9 Å². The maximum absolute atomic E-state index is 11.5. The van der Waals surface area contributed by atoms with Crippen LogP contribution in [0.15, 0.2) is 30.3 Å². The van der Waals surface area contributed by atoms with E-state index in [2.05, 4.69) is 0 Å². The van der Waals surface area contributed by atoms with Gasteiger partial charge in [0, 0.05) is 11.1 Å². The van der Waals surface area contributed by atoms with Crippen molar-refractivity contribution in [1.29, 1.82) is 0 Å². The zero-order valence-electron chi connectivity index (χ0n) is 9.75. The first kappa shape index (κ1) is 11.4. The molecule has 1 aliphatic rings. The summed E-state index contributed by atoms with van der Waals surface area (Å²) in [5.74, 6) is -1.81. The zero-order chi connectivity index (χ0) is 13.6. The number of esters is 1. The number of fused-ring (bicyclic) bond motifs is 1. The second-order valence-corrected chi connectivity index (χ2v) is 4.24. The van der Waals surface area contributed by atoms with E-state index in [1.165, 1.54) is 12.1 Å². The average molecular weight is 258 g/mol. The number of phenolic OH excluding ortho intramolecular Hbond substituents is 3. The third-order valence-corrected chi connectivity index (χ3v) is 3.16. The van der Waals surface area contributed by atoms with Crippen molar-refractivity contribution >= 4 is 5.97 Å². The van der Waals surface area contributed by atoms with Gasteiger partial charge < -0.3 is 20.1 Å². The number of benzene rings is 2. The van der Waals surface area contributed by atoms with Gasteiger partial charge in [-0.15, -0.1) is 0 Å². The third kappa shape index (κ3) is 1.59. The fraction of sp³-hybridized carbons (Fsp3) is 0.0714. The Morgan fingerprint density at radius 2 is 1.63 bits per heavy atom. The van der Waals surface area contributed by atoms with Crippen molar-refractivity contribution < 1.29 is 24.9 Å². The molecule has 0 aromatic heterocycles. The molecule has 96 valence electrons. The van der Waals surface area contributed by atoms with Crippen LogP contribution in [0.2, 0.25) is 0 Å². The van der Waals surface area contributed by atoms with Crippen LogP contribution >= 0.6 is 0 Å². The molecule has 0 aliphatic carbocycles. The van der Waals surface area contributed by atoms with Crippen LogP contribution < -0.4 is 0 Å². The summed E-state index contributed by atoms with van der Waals surface area (Å²) in [6.45, 7) is 0.130. The van der Waals surface area contributed by atoms with E-state index in [4.69, 9.17) is 4.74 Å². The molecule has 0 amide bonds. The lowest BCUT2D eigenvalue weighted by atomic mass is 9.96. The first-order valence-electron chi connectivity index (χ1n) is 5.63. The molecule has 2 aromatic rings. The van der Waals surface area contributed by atoms with Crippen LogP contribution in [0.3, 0.4) is 0 Å². The lowest BCUT2D eigenvalue weighted by Gasteiger charge is -2.10. The highest BCUT2D eigenvalue weighted by molar-refractivity contribution is 5.96. The SMILES string of the molecule is O=C1OCc2c1cccc2-c1ccc(O)c(O)c1O. The zero-order valence-corrected chi connectivity index (χ0v) is 9.75. The molecule has 0 bridgehead atoms. The van der Waals surface area contributed by atoms with Gasteiger partial charge in [0.05, 0.1) is 5.56 Å². The predicted molar refractivity (Wildman–Crippen MR) is 66.0 cm³/mol. The number of rotatable bonds is 1. The second-order valence-electron chi connectivity index (χ2n) is 4.24. The summed E-state index contributed by atoms with van der Waals surface area (Å²) in [7, 11) is 0. The molecule has 0 radical (unpaired) electrons. The minimum absolute atomic E-state index is 0.130. The molecule has 5 heteroatoms. The van der Waals surface area contributed by atoms with E-state index in [-0.39, 0.29) is 6.61 Å². The van der Waals surface area contributed by atoms with Crippen molar-refractivity contribution in [3.8, 4) is 28.4 Å². The molecule has 19 heavy (non-hydrogen) atoms. The summed E-state index contributed by atoms with van der Waals surface area (Å²) < 4.78 is 4.95. The highest BCUT2D eigenvalue weighted by atomic mass is 16.5. The van der Waals surface area contributed by atoms with E-state index in [1.807, 2.05) is 0 Å². The van der Waals surface area contributed by atoms with Gasteiger partial charge >= 0.3 is 5.97 Å². The number of ether oxygens (including phenoxy) is 1. The van der Waals surface area contributed by atoms with Crippen molar-refractivity contribution in [2.75, 3.05) is 0 Å². The molecule has 0 unspecified atom stereocenters. The summed E-state index contributed by atoms with van der Waals surface area (Å²) in [6.07, 6.45) is 0. The number of aromatic hydroxyl groups is 3. The van der Waals surface area contributed by atoms with Gasteiger partial charge in [-0.2, -0.15) is 0 Å². The van der Waals surface area contributed by atoms with E-state index in [0.29, 0.717) is 22.3 Å². The van der Waals surface area contributed by atoms with Gasteiger partial charge in [-0.25, -0.2) is 4.79 Å². The van der Waals surface area contributed by atoms with Crippen molar-refractivity contribution in [3.05, 3.63) is 41.5 Å². The fourth-order valence-electron chi connectivity index (χ4n) is 2.19. The summed E-state index contributed by atoms with van der Waals surface area (Å²) in [4.78, 5) is 11.5. The molecule has 0 atom stereocenters. The van der Waals surface area contributed by atoms with Crippen LogP contribution in [-0.2, 0) is 11.3 Å². The standard InChI is InChI=1S/C14H10O5/c15-11-5-4-8(12(16)13(11)17)7-2-1-3-9-10(7)6-19-14(9)18/h1-5,15-17H,6H2. The quantitative estimate of drug-likeness (QED) is 0.539. The number of cyclic esters (lactones) is 1. The minimum atomic E-state index is -0.583. The smallest absolute Gasteiger partial charge is 0.338 e. The Bertz CT molecular complexity index is 690. The lowest BCUT2D eigenvalue weighted by molar-refractivity contribution is 0.0535. The second kappa shape index (κ2) is 3.91. The van der Waals surface area contributed by atoms with Gasteiger partial charge in [-0.05, 0) is 23.8 Å². The Labute approximate surface area is 108 Å².